The number of hydrogen-bond donors (Lipinski definition) is 0. The Kier molecular flexibility index (Phi) is 6.33. The van der Waals surface area contributed by atoms with E-state index in [9.17, 15) is 0 Å². The van der Waals surface area contributed by atoms with Crippen LogP contribution in [0.15, 0.2) is 180 Å². The lowest BCUT2D eigenvalue weighted by Crippen LogP contribution is -2.15. The molecule has 2 heteroatoms. The molecule has 0 amide bonds. The van der Waals surface area contributed by atoms with Crippen molar-refractivity contribution >= 4 is 71.3 Å². The van der Waals surface area contributed by atoms with Gasteiger partial charge in [0.15, 0.2) is 0 Å². The zero-order chi connectivity index (χ0) is 35.3. The predicted octanol–water partition coefficient (Wildman–Crippen LogP) is 14.5. The molecule has 0 aliphatic heterocycles. The fourth-order valence-electron chi connectivity index (χ4n) is 8.85. The predicted molar refractivity (Wildman–Crippen MR) is 224 cm³/mol. The molecule has 0 saturated heterocycles. The first-order valence-corrected chi connectivity index (χ1v) is 18.4. The van der Waals surface area contributed by atoms with E-state index in [-0.39, 0.29) is 5.41 Å². The molecule has 0 fully saturated rings. The van der Waals surface area contributed by atoms with Crippen LogP contribution >= 0.6 is 0 Å². The van der Waals surface area contributed by atoms with Crippen LogP contribution in [0.4, 0.5) is 17.1 Å². The van der Waals surface area contributed by atoms with E-state index in [4.69, 9.17) is 4.42 Å². The first-order valence-electron chi connectivity index (χ1n) is 18.4. The maximum absolute atomic E-state index is 6.36. The smallest absolute Gasteiger partial charge is 0.137 e. The van der Waals surface area contributed by atoms with Gasteiger partial charge in [0, 0.05) is 39.3 Å². The summed E-state index contributed by atoms with van der Waals surface area (Å²) in [6.07, 6.45) is 0. The average Bonchev–Trinajstić information content (AvgIpc) is 3.69. The maximum atomic E-state index is 6.36. The van der Waals surface area contributed by atoms with Gasteiger partial charge in [0.2, 0.25) is 0 Å². The molecular weight excluding hydrogens is 643 g/mol. The lowest BCUT2D eigenvalue weighted by Gasteiger charge is -2.26. The van der Waals surface area contributed by atoms with Crippen LogP contribution in [-0.2, 0) is 5.41 Å². The van der Waals surface area contributed by atoms with Crippen LogP contribution in [0, 0.1) is 0 Å². The Balaban J connectivity index is 1.02. The molecule has 0 bridgehead atoms. The van der Waals surface area contributed by atoms with Gasteiger partial charge >= 0.3 is 0 Å². The molecule has 9 aromatic carbocycles. The Morgan fingerprint density at radius 1 is 0.377 bits per heavy atom. The van der Waals surface area contributed by atoms with Crippen LogP contribution in [0.1, 0.15) is 25.0 Å². The van der Waals surface area contributed by atoms with Gasteiger partial charge in [-0.05, 0) is 126 Å². The number of para-hydroxylation sites is 1. The summed E-state index contributed by atoms with van der Waals surface area (Å²) in [7, 11) is 0. The highest BCUT2D eigenvalue weighted by atomic mass is 16.3. The molecule has 11 rings (SSSR count). The van der Waals surface area contributed by atoms with Crippen molar-refractivity contribution in [2.45, 2.75) is 19.3 Å². The molecule has 0 unspecified atom stereocenters. The maximum Gasteiger partial charge on any atom is 0.137 e. The van der Waals surface area contributed by atoms with Crippen LogP contribution in [0.3, 0.4) is 0 Å². The normalized spacial score (nSPS) is 13.2. The molecule has 0 N–H and O–H groups in total. The van der Waals surface area contributed by atoms with Crippen LogP contribution < -0.4 is 4.90 Å². The molecule has 0 saturated carbocycles. The Morgan fingerprint density at radius 2 is 1.00 bits per heavy atom. The van der Waals surface area contributed by atoms with E-state index in [0.29, 0.717) is 0 Å². The highest BCUT2D eigenvalue weighted by Gasteiger charge is 2.34. The van der Waals surface area contributed by atoms with Crippen molar-refractivity contribution in [2.24, 2.45) is 0 Å². The van der Waals surface area contributed by atoms with E-state index in [1.54, 1.807) is 0 Å². The number of nitrogens with zero attached hydrogens (tertiary/aromatic N) is 1. The zero-order valence-electron chi connectivity index (χ0n) is 29.6. The standard InChI is InChI=1S/C51H35NO/c1-51(2)45-13-8-11-34-15-18-38-28-39(30-46(51)50(38)49(34)45)36-16-17-37-29-41(24-21-35(37)27-36)52(40-22-19-33(20-23-40)32-9-4-3-5-10-32)42-25-26-44-43-12-6-7-14-47(43)53-48(44)31-42/h3-31H,1-2H3. The highest BCUT2D eigenvalue weighted by molar-refractivity contribution is 6.16. The number of furan rings is 1. The monoisotopic (exact) mass is 677 g/mol. The fourth-order valence-corrected chi connectivity index (χ4v) is 8.85. The average molecular weight is 678 g/mol. The third kappa shape index (κ3) is 4.59. The van der Waals surface area contributed by atoms with Crippen molar-refractivity contribution in [3.8, 4) is 22.3 Å². The number of rotatable bonds is 5. The Labute approximate surface area is 308 Å². The van der Waals surface area contributed by atoms with Gasteiger partial charge in [-0.2, -0.15) is 0 Å². The molecule has 0 spiro atoms. The molecule has 0 radical (unpaired) electrons. The second-order valence-corrected chi connectivity index (χ2v) is 15.0. The van der Waals surface area contributed by atoms with Gasteiger partial charge in [-0.25, -0.2) is 0 Å². The SMILES string of the molecule is CC1(C)c2cccc3ccc4cc(-c5ccc6cc(N(c7ccc(-c8ccccc8)cc7)c7ccc8c(c7)oc7ccccc78)ccc6c5)cc1c4c23. The van der Waals surface area contributed by atoms with Crippen molar-refractivity contribution in [1.82, 2.24) is 0 Å². The molecule has 0 atom stereocenters. The number of anilines is 3. The minimum atomic E-state index is -0.0443. The second-order valence-electron chi connectivity index (χ2n) is 15.0. The van der Waals surface area contributed by atoms with Crippen LogP contribution in [0.25, 0.3) is 76.5 Å². The number of fused-ring (bicyclic) bond motifs is 4. The quantitative estimate of drug-likeness (QED) is 0.169. The third-order valence-corrected chi connectivity index (χ3v) is 11.6. The van der Waals surface area contributed by atoms with Gasteiger partial charge < -0.3 is 9.32 Å². The highest BCUT2D eigenvalue weighted by Crippen LogP contribution is 2.50. The van der Waals surface area contributed by atoms with Crippen molar-refractivity contribution in [3.63, 3.8) is 0 Å². The van der Waals surface area contributed by atoms with Crippen molar-refractivity contribution in [1.29, 1.82) is 0 Å². The molecule has 250 valence electrons. The summed E-state index contributed by atoms with van der Waals surface area (Å²) < 4.78 is 6.36. The molecule has 1 aliphatic rings. The van der Waals surface area contributed by atoms with E-state index in [2.05, 4.69) is 183 Å². The topological polar surface area (TPSA) is 16.4 Å². The summed E-state index contributed by atoms with van der Waals surface area (Å²) in [4.78, 5) is 2.33. The molecule has 53 heavy (non-hydrogen) atoms. The van der Waals surface area contributed by atoms with E-state index in [0.717, 1.165) is 39.0 Å². The minimum absolute atomic E-state index is 0.0443. The molecule has 10 aromatic rings. The number of hydrogen-bond acceptors (Lipinski definition) is 2. The Bertz CT molecular complexity index is 3080. The van der Waals surface area contributed by atoms with Gasteiger partial charge in [-0.1, -0.05) is 123 Å². The lowest BCUT2D eigenvalue weighted by atomic mass is 9.81. The summed E-state index contributed by atoms with van der Waals surface area (Å²) in [5.41, 5.74) is 12.7. The summed E-state index contributed by atoms with van der Waals surface area (Å²) >= 11 is 0. The van der Waals surface area contributed by atoms with Crippen LogP contribution in [-0.4, -0.2) is 0 Å². The Morgan fingerprint density at radius 3 is 1.89 bits per heavy atom. The summed E-state index contributed by atoms with van der Waals surface area (Å²) in [5.74, 6) is 0. The zero-order valence-corrected chi connectivity index (χ0v) is 29.6. The lowest BCUT2D eigenvalue weighted by molar-refractivity contribution is 0.663. The summed E-state index contributed by atoms with van der Waals surface area (Å²) in [6.45, 7) is 4.74. The van der Waals surface area contributed by atoms with E-state index in [1.807, 2.05) is 12.1 Å². The molecule has 2 nitrogen and oxygen atoms in total. The first-order chi connectivity index (χ1) is 26.0. The van der Waals surface area contributed by atoms with Gasteiger partial charge in [0.05, 0.1) is 0 Å². The molecule has 1 aromatic heterocycles. The largest absolute Gasteiger partial charge is 0.456 e. The van der Waals surface area contributed by atoms with E-state index >= 15 is 0 Å². The third-order valence-electron chi connectivity index (χ3n) is 11.6. The van der Waals surface area contributed by atoms with Crippen LogP contribution in [0.5, 0.6) is 0 Å². The summed E-state index contributed by atoms with van der Waals surface area (Å²) in [6, 6.07) is 64.1. The summed E-state index contributed by atoms with van der Waals surface area (Å²) in [5, 5.41) is 10.1. The van der Waals surface area contributed by atoms with Crippen molar-refractivity contribution in [3.05, 3.63) is 187 Å². The molecule has 1 aliphatic carbocycles. The Hall–Kier alpha value is -6.64. The van der Waals surface area contributed by atoms with E-state index < -0.39 is 0 Å². The van der Waals surface area contributed by atoms with Crippen LogP contribution in [0.2, 0.25) is 0 Å². The van der Waals surface area contributed by atoms with E-state index in [1.165, 1.54) is 65.7 Å². The second kappa shape index (κ2) is 11.2. The number of benzene rings is 9. The van der Waals surface area contributed by atoms with Gasteiger partial charge in [0.1, 0.15) is 11.2 Å². The first kappa shape index (κ1) is 30.0. The fraction of sp³-hybridized carbons (Fsp3) is 0.0588. The molecular formula is C51H35NO. The van der Waals surface area contributed by atoms with Gasteiger partial charge in [-0.3, -0.25) is 0 Å². The van der Waals surface area contributed by atoms with Crippen molar-refractivity contribution in [2.75, 3.05) is 4.90 Å². The van der Waals surface area contributed by atoms with Gasteiger partial charge in [-0.15, -0.1) is 0 Å². The van der Waals surface area contributed by atoms with Gasteiger partial charge in [0.25, 0.3) is 0 Å². The minimum Gasteiger partial charge on any atom is -0.456 e. The van der Waals surface area contributed by atoms with Crippen molar-refractivity contribution < 1.29 is 4.42 Å². The molecule has 1 heterocycles.